The van der Waals surface area contributed by atoms with Gasteiger partial charge in [0.25, 0.3) is 0 Å². The Morgan fingerprint density at radius 3 is 2.58 bits per heavy atom. The monoisotopic (exact) mass is 264 g/mol. The van der Waals surface area contributed by atoms with Crippen molar-refractivity contribution in [3.8, 4) is 5.75 Å². The average molecular weight is 264 g/mol. The highest BCUT2D eigenvalue weighted by molar-refractivity contribution is 5.87. The van der Waals surface area contributed by atoms with E-state index in [0.717, 1.165) is 0 Å². The van der Waals surface area contributed by atoms with Gasteiger partial charge in [-0.25, -0.2) is 4.79 Å². The molecule has 0 aromatic heterocycles. The third-order valence-corrected chi connectivity index (χ3v) is 3.13. The minimum atomic E-state index is -0.813. The molecular weight excluding hydrogens is 248 g/mol. The van der Waals surface area contributed by atoms with Gasteiger partial charge in [0.2, 0.25) is 5.91 Å². The van der Waals surface area contributed by atoms with Crippen LogP contribution in [0.1, 0.15) is 18.0 Å². The molecule has 1 unspecified atom stereocenters. The highest BCUT2D eigenvalue weighted by atomic mass is 16.5. The number of hydrogen-bond donors (Lipinski definition) is 2. The predicted molar refractivity (Wildman–Crippen MR) is 67.2 cm³/mol. The summed E-state index contributed by atoms with van der Waals surface area (Å²) in [5.74, 6) is -0.596. The summed E-state index contributed by atoms with van der Waals surface area (Å²) in [7, 11) is 1.27. The Morgan fingerprint density at radius 1 is 1.47 bits per heavy atom. The molecule has 0 bridgehead atoms. The molecule has 1 aliphatic heterocycles. The molecule has 3 N–H and O–H groups in total. The van der Waals surface area contributed by atoms with Crippen molar-refractivity contribution >= 4 is 11.9 Å². The second kappa shape index (κ2) is 5.27. The molecule has 1 aromatic carbocycles. The van der Waals surface area contributed by atoms with E-state index in [1.54, 1.807) is 12.1 Å². The van der Waals surface area contributed by atoms with E-state index in [2.05, 4.69) is 0 Å². The van der Waals surface area contributed by atoms with E-state index in [1.165, 1.54) is 24.1 Å². The highest BCUT2D eigenvalue weighted by Gasteiger charge is 2.37. The van der Waals surface area contributed by atoms with E-state index in [0.29, 0.717) is 12.1 Å². The summed E-state index contributed by atoms with van der Waals surface area (Å²) in [4.78, 5) is 25.2. The van der Waals surface area contributed by atoms with Gasteiger partial charge in [-0.2, -0.15) is 0 Å². The van der Waals surface area contributed by atoms with Crippen LogP contribution in [-0.2, 0) is 14.3 Å². The molecule has 2 atom stereocenters. The fourth-order valence-electron chi connectivity index (χ4n) is 2.22. The van der Waals surface area contributed by atoms with Crippen LogP contribution in [0.3, 0.4) is 0 Å². The summed E-state index contributed by atoms with van der Waals surface area (Å²) in [6.07, 6.45) is 0.228. The number of carbonyl (C=O) groups excluding carboxylic acids is 2. The number of esters is 1. The number of carbonyl (C=O) groups is 2. The van der Waals surface area contributed by atoms with Gasteiger partial charge in [0, 0.05) is 19.0 Å². The van der Waals surface area contributed by atoms with Crippen LogP contribution in [0.15, 0.2) is 24.3 Å². The zero-order chi connectivity index (χ0) is 14.0. The molecule has 0 saturated carbocycles. The van der Waals surface area contributed by atoms with Crippen molar-refractivity contribution < 1.29 is 19.4 Å². The van der Waals surface area contributed by atoms with Crippen LogP contribution in [0, 0.1) is 0 Å². The lowest BCUT2D eigenvalue weighted by Crippen LogP contribution is -2.37. The molecule has 6 heteroatoms. The van der Waals surface area contributed by atoms with Gasteiger partial charge in [0.1, 0.15) is 5.75 Å². The van der Waals surface area contributed by atoms with E-state index < -0.39 is 12.0 Å². The number of ether oxygens (including phenoxy) is 1. The zero-order valence-corrected chi connectivity index (χ0v) is 10.6. The van der Waals surface area contributed by atoms with Gasteiger partial charge >= 0.3 is 5.97 Å². The summed E-state index contributed by atoms with van der Waals surface area (Å²) in [5, 5.41) is 9.28. The minimum absolute atomic E-state index is 0.0943. The molecule has 6 nitrogen and oxygen atoms in total. The van der Waals surface area contributed by atoms with E-state index in [1.807, 2.05) is 0 Å². The Balaban J connectivity index is 2.33. The lowest BCUT2D eigenvalue weighted by molar-refractivity contribution is -0.151. The summed E-state index contributed by atoms with van der Waals surface area (Å²) in [6.45, 7) is 0.319. The number of nitrogens with zero attached hydrogens (tertiary/aromatic N) is 1. The molecule has 0 radical (unpaired) electrons. The fraction of sp³-hybridized carbons (Fsp3) is 0.385. The van der Waals surface area contributed by atoms with E-state index in [9.17, 15) is 14.7 Å². The Bertz CT molecular complexity index is 486. The van der Waals surface area contributed by atoms with Crippen molar-refractivity contribution in [2.24, 2.45) is 5.73 Å². The number of likely N-dealkylation sites (tertiary alicyclic amines) is 1. The van der Waals surface area contributed by atoms with Crippen LogP contribution in [0.2, 0.25) is 0 Å². The maximum atomic E-state index is 11.9. The normalized spacial score (nSPS) is 20.4. The smallest absolute Gasteiger partial charge is 0.333 e. The first-order valence-electron chi connectivity index (χ1n) is 5.94. The van der Waals surface area contributed by atoms with Crippen molar-refractivity contribution in [3.05, 3.63) is 29.8 Å². The van der Waals surface area contributed by atoms with Crippen molar-refractivity contribution in [1.82, 2.24) is 4.90 Å². The number of benzene rings is 1. The van der Waals surface area contributed by atoms with E-state index >= 15 is 0 Å². The summed E-state index contributed by atoms with van der Waals surface area (Å²) in [5.41, 5.74) is 6.33. The van der Waals surface area contributed by atoms with Crippen molar-refractivity contribution in [3.63, 3.8) is 0 Å². The average Bonchev–Trinajstić information content (AvgIpc) is 2.71. The first kappa shape index (κ1) is 13.4. The highest BCUT2D eigenvalue weighted by Crippen LogP contribution is 2.28. The number of amides is 1. The van der Waals surface area contributed by atoms with Crippen molar-refractivity contribution in [2.45, 2.75) is 18.5 Å². The van der Waals surface area contributed by atoms with E-state index in [-0.39, 0.29) is 24.1 Å². The summed E-state index contributed by atoms with van der Waals surface area (Å²) >= 11 is 0. The number of phenols is 1. The van der Waals surface area contributed by atoms with Gasteiger partial charge < -0.3 is 20.5 Å². The first-order chi connectivity index (χ1) is 9.02. The molecule has 0 aliphatic carbocycles. The fourth-order valence-corrected chi connectivity index (χ4v) is 2.22. The molecule has 1 aromatic rings. The molecule has 1 amide bonds. The number of nitrogens with two attached hydrogens (primary N) is 1. The van der Waals surface area contributed by atoms with Crippen molar-refractivity contribution in [2.75, 3.05) is 13.7 Å². The molecule has 1 heterocycles. The lowest BCUT2D eigenvalue weighted by Gasteiger charge is -2.26. The largest absolute Gasteiger partial charge is 0.508 e. The number of phenolic OH excluding ortho intramolecular Hbond substituents is 1. The molecule has 1 fully saturated rings. The summed E-state index contributed by atoms with van der Waals surface area (Å²) < 4.78 is 4.76. The number of aromatic hydroxyl groups is 1. The van der Waals surface area contributed by atoms with Crippen LogP contribution in [-0.4, -0.2) is 41.6 Å². The second-order valence-corrected chi connectivity index (χ2v) is 4.53. The molecule has 102 valence electrons. The van der Waals surface area contributed by atoms with Gasteiger partial charge in [-0.1, -0.05) is 12.1 Å². The maximum Gasteiger partial charge on any atom is 0.333 e. The van der Waals surface area contributed by atoms with Crippen LogP contribution in [0.5, 0.6) is 5.75 Å². The molecule has 0 spiro atoms. The maximum absolute atomic E-state index is 11.9. The predicted octanol–water partition coefficient (Wildman–Crippen LogP) is 0.166. The Kier molecular flexibility index (Phi) is 3.71. The van der Waals surface area contributed by atoms with Gasteiger partial charge in [-0.05, 0) is 17.7 Å². The van der Waals surface area contributed by atoms with Gasteiger partial charge in [0.05, 0.1) is 7.11 Å². The third-order valence-electron chi connectivity index (χ3n) is 3.13. The number of methoxy groups -OCH3 is 1. The summed E-state index contributed by atoms with van der Waals surface area (Å²) in [6, 6.07) is 5.03. The van der Waals surface area contributed by atoms with Crippen LogP contribution in [0.25, 0.3) is 0 Å². The van der Waals surface area contributed by atoms with Gasteiger partial charge in [-0.15, -0.1) is 0 Å². The van der Waals surface area contributed by atoms with E-state index in [4.69, 9.17) is 10.5 Å². The Hall–Kier alpha value is -2.08. The Labute approximate surface area is 110 Å². The van der Waals surface area contributed by atoms with Crippen LogP contribution >= 0.6 is 0 Å². The SMILES string of the molecule is COC(=O)[C@@H](c1ccc(O)cc1)N1CC(N)CC1=O. The zero-order valence-electron chi connectivity index (χ0n) is 10.6. The van der Waals surface area contributed by atoms with Crippen molar-refractivity contribution in [1.29, 1.82) is 0 Å². The van der Waals surface area contributed by atoms with Gasteiger partial charge in [-0.3, -0.25) is 4.79 Å². The minimum Gasteiger partial charge on any atom is -0.508 e. The van der Waals surface area contributed by atoms with Crippen LogP contribution < -0.4 is 5.73 Å². The third kappa shape index (κ3) is 2.68. The molecular formula is C13H16N2O4. The number of hydrogen-bond acceptors (Lipinski definition) is 5. The van der Waals surface area contributed by atoms with Crippen LogP contribution in [0.4, 0.5) is 0 Å². The second-order valence-electron chi connectivity index (χ2n) is 4.53. The standard InChI is InChI=1S/C13H16N2O4/c1-19-13(18)12(8-2-4-10(16)5-3-8)15-7-9(14)6-11(15)17/h2-5,9,12,16H,6-7,14H2,1H3/t9?,12-/m1/s1. The number of rotatable bonds is 3. The molecule has 2 rings (SSSR count). The molecule has 19 heavy (non-hydrogen) atoms. The molecule has 1 aliphatic rings. The lowest BCUT2D eigenvalue weighted by atomic mass is 10.1. The Morgan fingerprint density at radius 2 is 2.11 bits per heavy atom. The first-order valence-corrected chi connectivity index (χ1v) is 5.94. The quantitative estimate of drug-likeness (QED) is 0.759. The van der Waals surface area contributed by atoms with Gasteiger partial charge in [0.15, 0.2) is 6.04 Å². The topological polar surface area (TPSA) is 92.9 Å². The molecule has 1 saturated heterocycles.